The van der Waals surface area contributed by atoms with Gasteiger partial charge in [-0.1, -0.05) is 130 Å². The first-order valence-corrected chi connectivity index (χ1v) is 15.3. The molecular formula is C33H58O3. The van der Waals surface area contributed by atoms with Crippen LogP contribution in [0.5, 0.6) is 5.75 Å². The number of hydrogen-bond acceptors (Lipinski definition) is 3. The maximum atomic E-state index is 12.3. The fourth-order valence-corrected chi connectivity index (χ4v) is 4.97. The molecule has 0 fully saturated rings. The fourth-order valence-electron chi connectivity index (χ4n) is 4.97. The number of benzene rings is 1. The Hall–Kier alpha value is -1.51. The topological polar surface area (TPSA) is 46.5 Å². The molecule has 0 heterocycles. The normalized spacial score (nSPS) is 11.5. The molecule has 0 aliphatic carbocycles. The summed E-state index contributed by atoms with van der Waals surface area (Å²) in [7, 11) is 0. The molecule has 0 radical (unpaired) electrons. The summed E-state index contributed by atoms with van der Waals surface area (Å²) < 4.78 is 5.50. The minimum atomic E-state index is -0.103. The molecule has 1 aromatic carbocycles. The van der Waals surface area contributed by atoms with Crippen molar-refractivity contribution in [3.63, 3.8) is 0 Å². The van der Waals surface area contributed by atoms with Gasteiger partial charge in [-0.05, 0) is 54.2 Å². The van der Waals surface area contributed by atoms with Gasteiger partial charge in [0.1, 0.15) is 5.75 Å². The van der Waals surface area contributed by atoms with Gasteiger partial charge in [-0.2, -0.15) is 0 Å². The molecule has 0 amide bonds. The number of unbranched alkanes of at least 4 members (excludes halogenated alkanes) is 13. The van der Waals surface area contributed by atoms with Crippen LogP contribution < -0.4 is 0 Å². The first kappa shape index (κ1) is 32.5. The number of phenolic OH excluding ortho intramolecular Hbond substituents is 1. The standard InChI is InChI=1S/C33H58O3/c1-6-7-8-9-10-11-12-13-14-15-16-17-18-19-22-36-32(34)21-20-29-25-30(23-27(2)3)33(35)31(26-29)24-28(4)5/h25-28,35H,6-24H2,1-5H3. The summed E-state index contributed by atoms with van der Waals surface area (Å²) in [5, 5.41) is 10.7. The SMILES string of the molecule is CCCCCCCCCCCCCCCCOC(=O)CCc1cc(CC(C)C)c(O)c(CC(C)C)c1. The second-order valence-electron chi connectivity index (χ2n) is 11.8. The van der Waals surface area contributed by atoms with E-state index in [4.69, 9.17) is 4.74 Å². The van der Waals surface area contributed by atoms with Gasteiger partial charge in [0.05, 0.1) is 6.61 Å². The molecule has 0 aliphatic rings. The monoisotopic (exact) mass is 502 g/mol. The minimum Gasteiger partial charge on any atom is -0.507 e. The summed E-state index contributed by atoms with van der Waals surface area (Å²) in [4.78, 5) is 12.3. The van der Waals surface area contributed by atoms with Gasteiger partial charge in [0.15, 0.2) is 0 Å². The van der Waals surface area contributed by atoms with E-state index in [0.717, 1.165) is 42.4 Å². The zero-order valence-corrected chi connectivity index (χ0v) is 24.5. The Morgan fingerprint density at radius 2 is 1.14 bits per heavy atom. The van der Waals surface area contributed by atoms with Crippen LogP contribution in [0.3, 0.4) is 0 Å². The van der Waals surface area contributed by atoms with Crippen LogP contribution in [0.1, 0.15) is 148 Å². The number of hydrogen-bond donors (Lipinski definition) is 1. The van der Waals surface area contributed by atoms with E-state index in [-0.39, 0.29) is 5.97 Å². The molecular weight excluding hydrogens is 444 g/mol. The quantitative estimate of drug-likeness (QED) is 0.127. The van der Waals surface area contributed by atoms with Crippen LogP contribution in [0.15, 0.2) is 12.1 Å². The summed E-state index contributed by atoms with van der Waals surface area (Å²) >= 11 is 0. The lowest BCUT2D eigenvalue weighted by Crippen LogP contribution is -2.08. The average molecular weight is 503 g/mol. The maximum absolute atomic E-state index is 12.3. The van der Waals surface area contributed by atoms with Gasteiger partial charge in [-0.15, -0.1) is 0 Å². The third-order valence-electron chi connectivity index (χ3n) is 6.96. The van der Waals surface area contributed by atoms with E-state index in [9.17, 15) is 9.90 Å². The molecule has 1 aromatic rings. The lowest BCUT2D eigenvalue weighted by molar-refractivity contribution is -0.143. The maximum Gasteiger partial charge on any atom is 0.306 e. The second-order valence-corrected chi connectivity index (χ2v) is 11.8. The summed E-state index contributed by atoms with van der Waals surface area (Å²) in [6.45, 7) is 11.5. The molecule has 3 nitrogen and oxygen atoms in total. The molecule has 0 atom stereocenters. The molecule has 0 saturated heterocycles. The van der Waals surface area contributed by atoms with Crippen LogP contribution in [0.25, 0.3) is 0 Å². The van der Waals surface area contributed by atoms with E-state index < -0.39 is 0 Å². The van der Waals surface area contributed by atoms with Crippen LogP contribution in [-0.4, -0.2) is 17.7 Å². The van der Waals surface area contributed by atoms with E-state index in [1.807, 2.05) is 0 Å². The number of aromatic hydroxyl groups is 1. The molecule has 0 aromatic heterocycles. The lowest BCUT2D eigenvalue weighted by atomic mass is 9.92. The number of phenols is 1. The lowest BCUT2D eigenvalue weighted by Gasteiger charge is -2.16. The molecule has 36 heavy (non-hydrogen) atoms. The van der Waals surface area contributed by atoms with Crippen molar-refractivity contribution in [1.29, 1.82) is 0 Å². The molecule has 3 heteroatoms. The minimum absolute atomic E-state index is 0.103. The smallest absolute Gasteiger partial charge is 0.306 e. The average Bonchev–Trinajstić information content (AvgIpc) is 2.82. The van der Waals surface area contributed by atoms with E-state index >= 15 is 0 Å². The number of esters is 1. The zero-order chi connectivity index (χ0) is 26.6. The Morgan fingerprint density at radius 1 is 0.722 bits per heavy atom. The number of aryl methyl sites for hydroxylation is 1. The summed E-state index contributed by atoms with van der Waals surface area (Å²) in [5.74, 6) is 1.30. The number of ether oxygens (including phenoxy) is 1. The fraction of sp³-hybridized carbons (Fsp3) is 0.788. The highest BCUT2D eigenvalue weighted by Gasteiger charge is 2.14. The van der Waals surface area contributed by atoms with Crippen molar-refractivity contribution in [2.45, 2.75) is 150 Å². The van der Waals surface area contributed by atoms with Gasteiger partial charge in [0.25, 0.3) is 0 Å². The third kappa shape index (κ3) is 16.3. The Morgan fingerprint density at radius 3 is 1.56 bits per heavy atom. The number of carbonyl (C=O) groups excluding carboxylic acids is 1. The second kappa shape index (κ2) is 20.5. The van der Waals surface area contributed by atoms with Crippen LogP contribution in [0.2, 0.25) is 0 Å². The zero-order valence-electron chi connectivity index (χ0n) is 24.5. The van der Waals surface area contributed by atoms with Crippen molar-refractivity contribution >= 4 is 5.97 Å². The number of rotatable bonds is 22. The van der Waals surface area contributed by atoms with Crippen molar-refractivity contribution < 1.29 is 14.6 Å². The van der Waals surface area contributed by atoms with Crippen LogP contribution in [-0.2, 0) is 28.8 Å². The van der Waals surface area contributed by atoms with Crippen molar-refractivity contribution in [3.05, 3.63) is 28.8 Å². The molecule has 0 bridgehead atoms. The largest absolute Gasteiger partial charge is 0.507 e. The first-order valence-electron chi connectivity index (χ1n) is 15.3. The van der Waals surface area contributed by atoms with E-state index in [2.05, 4.69) is 46.8 Å². The predicted octanol–water partition coefficient (Wildman–Crippen LogP) is 9.75. The molecule has 1 N–H and O–H groups in total. The summed E-state index contributed by atoms with van der Waals surface area (Å²) in [6.07, 6.45) is 21.4. The predicted molar refractivity (Wildman–Crippen MR) is 155 cm³/mol. The van der Waals surface area contributed by atoms with Crippen LogP contribution in [0.4, 0.5) is 0 Å². The van der Waals surface area contributed by atoms with E-state index in [0.29, 0.717) is 37.0 Å². The molecule has 0 aliphatic heterocycles. The van der Waals surface area contributed by atoms with Crippen LogP contribution in [0, 0.1) is 11.8 Å². The summed E-state index contributed by atoms with van der Waals surface area (Å²) in [6, 6.07) is 4.17. The van der Waals surface area contributed by atoms with Gasteiger partial charge >= 0.3 is 5.97 Å². The van der Waals surface area contributed by atoms with Gasteiger partial charge in [0.2, 0.25) is 0 Å². The van der Waals surface area contributed by atoms with Crippen LogP contribution >= 0.6 is 0 Å². The molecule has 1 rings (SSSR count). The molecule has 208 valence electrons. The van der Waals surface area contributed by atoms with E-state index in [1.54, 1.807) is 0 Å². The molecule has 0 unspecified atom stereocenters. The third-order valence-corrected chi connectivity index (χ3v) is 6.96. The Bertz CT molecular complexity index is 661. The summed E-state index contributed by atoms with van der Waals surface area (Å²) in [5.41, 5.74) is 3.15. The van der Waals surface area contributed by atoms with Gasteiger partial charge < -0.3 is 9.84 Å². The van der Waals surface area contributed by atoms with E-state index in [1.165, 1.54) is 77.0 Å². The van der Waals surface area contributed by atoms with Gasteiger partial charge in [-0.25, -0.2) is 0 Å². The van der Waals surface area contributed by atoms with Gasteiger partial charge in [0, 0.05) is 6.42 Å². The Labute approximate surface area is 223 Å². The van der Waals surface area contributed by atoms with Crippen molar-refractivity contribution in [1.82, 2.24) is 0 Å². The first-order chi connectivity index (χ1) is 17.3. The van der Waals surface area contributed by atoms with Gasteiger partial charge in [-0.3, -0.25) is 4.79 Å². The highest BCUT2D eigenvalue weighted by atomic mass is 16.5. The molecule has 0 saturated carbocycles. The van der Waals surface area contributed by atoms with Crippen molar-refractivity contribution in [3.8, 4) is 5.75 Å². The Balaban J connectivity index is 2.15. The highest BCUT2D eigenvalue weighted by Crippen LogP contribution is 2.29. The van der Waals surface area contributed by atoms with Crippen molar-refractivity contribution in [2.75, 3.05) is 6.61 Å². The highest BCUT2D eigenvalue weighted by molar-refractivity contribution is 5.69. The number of carbonyl (C=O) groups is 1. The Kier molecular flexibility index (Phi) is 18.6. The molecule has 0 spiro atoms. The van der Waals surface area contributed by atoms with Crippen molar-refractivity contribution in [2.24, 2.45) is 11.8 Å².